The van der Waals surface area contributed by atoms with Crippen LogP contribution in [0.2, 0.25) is 0 Å². The lowest BCUT2D eigenvalue weighted by Crippen LogP contribution is -2.16. The molecule has 3 nitrogen and oxygen atoms in total. The molecule has 19 heavy (non-hydrogen) atoms. The summed E-state index contributed by atoms with van der Waals surface area (Å²) in [6.45, 7) is 3.13. The first kappa shape index (κ1) is 14.1. The molecule has 0 bridgehead atoms. The van der Waals surface area contributed by atoms with Crippen molar-refractivity contribution in [3.63, 3.8) is 0 Å². The number of aromatic nitrogens is 1. The lowest BCUT2D eigenvalue weighted by molar-refractivity contribution is -0.141. The number of nitrogens with zero attached hydrogens (tertiary/aromatic N) is 1. The maximum atomic E-state index is 13.0. The number of alkyl halides is 3. The number of nitrogens with one attached hydrogen (secondary N) is 1. The number of hydrazine groups is 1. The van der Waals surface area contributed by atoms with E-state index in [0.717, 1.165) is 5.56 Å². The van der Waals surface area contributed by atoms with Crippen LogP contribution in [-0.2, 0) is 6.18 Å². The predicted octanol–water partition coefficient (Wildman–Crippen LogP) is 3.92. The number of anilines is 1. The Morgan fingerprint density at radius 3 is 2.42 bits per heavy atom. The largest absolute Gasteiger partial charge is 0.433 e. The first-order chi connectivity index (χ1) is 8.77. The minimum absolute atomic E-state index is 0.0155. The molecule has 0 atom stereocenters. The van der Waals surface area contributed by atoms with Gasteiger partial charge < -0.3 is 5.43 Å². The SMILES string of the molecule is Cc1ccc2c(NN)c(C)c(C(F)(F)F)nc2c1Br. The van der Waals surface area contributed by atoms with E-state index in [1.807, 2.05) is 0 Å². The number of halogens is 4. The van der Waals surface area contributed by atoms with Crippen LogP contribution < -0.4 is 11.3 Å². The lowest BCUT2D eigenvalue weighted by atomic mass is 10.1. The Morgan fingerprint density at radius 1 is 1.26 bits per heavy atom. The van der Waals surface area contributed by atoms with E-state index >= 15 is 0 Å². The Kier molecular flexibility index (Phi) is 3.44. The van der Waals surface area contributed by atoms with Crippen LogP contribution in [-0.4, -0.2) is 4.98 Å². The summed E-state index contributed by atoms with van der Waals surface area (Å²) in [5.74, 6) is 5.36. The molecule has 1 aromatic heterocycles. The summed E-state index contributed by atoms with van der Waals surface area (Å²) < 4.78 is 39.5. The van der Waals surface area contributed by atoms with Crippen LogP contribution in [0, 0.1) is 13.8 Å². The van der Waals surface area contributed by atoms with Crippen molar-refractivity contribution in [3.8, 4) is 0 Å². The van der Waals surface area contributed by atoms with Gasteiger partial charge >= 0.3 is 6.18 Å². The van der Waals surface area contributed by atoms with Crippen molar-refractivity contribution in [2.24, 2.45) is 5.84 Å². The molecule has 0 unspecified atom stereocenters. The fourth-order valence-corrected chi connectivity index (χ4v) is 2.39. The third-order valence-electron chi connectivity index (χ3n) is 2.95. The molecule has 0 saturated heterocycles. The predicted molar refractivity (Wildman–Crippen MR) is 71.7 cm³/mol. The molecule has 0 aliphatic heterocycles. The average Bonchev–Trinajstić information content (AvgIpc) is 2.32. The van der Waals surface area contributed by atoms with Gasteiger partial charge in [-0.25, -0.2) is 4.98 Å². The number of rotatable bonds is 1. The molecule has 0 spiro atoms. The second kappa shape index (κ2) is 4.64. The Hall–Kier alpha value is -1.34. The second-order valence-electron chi connectivity index (χ2n) is 4.20. The first-order valence-corrected chi connectivity index (χ1v) is 6.20. The summed E-state index contributed by atoms with van der Waals surface area (Å²) in [7, 11) is 0. The molecule has 2 aromatic rings. The number of hydrogen-bond acceptors (Lipinski definition) is 3. The van der Waals surface area contributed by atoms with E-state index in [1.165, 1.54) is 6.92 Å². The van der Waals surface area contributed by atoms with E-state index in [4.69, 9.17) is 5.84 Å². The molecular formula is C12H11BrF3N3. The molecule has 7 heteroatoms. The van der Waals surface area contributed by atoms with E-state index in [0.29, 0.717) is 9.86 Å². The molecular weight excluding hydrogens is 323 g/mol. The van der Waals surface area contributed by atoms with Crippen LogP contribution in [0.4, 0.5) is 18.9 Å². The molecule has 0 aliphatic carbocycles. The Labute approximate surface area is 116 Å². The van der Waals surface area contributed by atoms with Crippen molar-refractivity contribution in [1.82, 2.24) is 4.98 Å². The fourth-order valence-electron chi connectivity index (χ4n) is 1.95. The molecule has 0 saturated carbocycles. The standard InChI is InChI=1S/C12H11BrF3N3/c1-5-3-4-7-9(19-17)6(2)11(12(14,15)16)18-10(7)8(5)13/h3-4H,17H2,1-2H3,(H,18,19). The van der Waals surface area contributed by atoms with Gasteiger partial charge in [0, 0.05) is 15.4 Å². The quantitative estimate of drug-likeness (QED) is 0.614. The molecule has 3 N–H and O–H groups in total. The fraction of sp³-hybridized carbons (Fsp3) is 0.250. The van der Waals surface area contributed by atoms with E-state index in [1.54, 1.807) is 19.1 Å². The van der Waals surface area contributed by atoms with Crippen molar-refractivity contribution in [3.05, 3.63) is 33.4 Å². The van der Waals surface area contributed by atoms with Crippen LogP contribution in [0.5, 0.6) is 0 Å². The molecule has 1 aromatic carbocycles. The van der Waals surface area contributed by atoms with Crippen LogP contribution in [0.25, 0.3) is 10.9 Å². The minimum Gasteiger partial charge on any atom is -0.323 e. The monoisotopic (exact) mass is 333 g/mol. The van der Waals surface area contributed by atoms with E-state index in [9.17, 15) is 13.2 Å². The molecule has 2 rings (SSSR count). The summed E-state index contributed by atoms with van der Waals surface area (Å²) in [5, 5.41) is 0.547. The third-order valence-corrected chi connectivity index (χ3v) is 3.95. The summed E-state index contributed by atoms with van der Waals surface area (Å²) in [6, 6.07) is 3.49. The number of fused-ring (bicyclic) bond motifs is 1. The van der Waals surface area contributed by atoms with Crippen LogP contribution in [0.1, 0.15) is 16.8 Å². The Bertz CT molecular complexity index is 653. The van der Waals surface area contributed by atoms with Crippen LogP contribution in [0.3, 0.4) is 0 Å². The van der Waals surface area contributed by atoms with Gasteiger partial charge in [-0.3, -0.25) is 5.84 Å². The number of nitrogens with two attached hydrogens (primary N) is 1. The van der Waals surface area contributed by atoms with E-state index in [-0.39, 0.29) is 16.8 Å². The summed E-state index contributed by atoms with van der Waals surface area (Å²) in [4.78, 5) is 3.75. The van der Waals surface area contributed by atoms with E-state index < -0.39 is 11.9 Å². The van der Waals surface area contributed by atoms with Crippen LogP contribution >= 0.6 is 15.9 Å². The first-order valence-electron chi connectivity index (χ1n) is 5.40. The third kappa shape index (κ3) is 2.28. The molecule has 0 radical (unpaired) electrons. The highest BCUT2D eigenvalue weighted by Gasteiger charge is 2.36. The van der Waals surface area contributed by atoms with Crippen molar-refractivity contribution < 1.29 is 13.2 Å². The van der Waals surface area contributed by atoms with Gasteiger partial charge in [-0.05, 0) is 35.3 Å². The van der Waals surface area contributed by atoms with Gasteiger partial charge in [0.15, 0.2) is 0 Å². The van der Waals surface area contributed by atoms with Gasteiger partial charge in [0.25, 0.3) is 0 Å². The number of benzene rings is 1. The average molecular weight is 334 g/mol. The molecule has 102 valence electrons. The summed E-state index contributed by atoms with van der Waals surface area (Å²) >= 11 is 3.27. The number of pyridine rings is 1. The lowest BCUT2D eigenvalue weighted by Gasteiger charge is -2.16. The van der Waals surface area contributed by atoms with Gasteiger partial charge in [-0.2, -0.15) is 13.2 Å². The zero-order valence-electron chi connectivity index (χ0n) is 10.2. The van der Waals surface area contributed by atoms with Gasteiger partial charge in [-0.1, -0.05) is 12.1 Å². The Balaban J connectivity index is 2.96. The zero-order chi connectivity index (χ0) is 14.4. The van der Waals surface area contributed by atoms with E-state index in [2.05, 4.69) is 26.3 Å². The second-order valence-corrected chi connectivity index (χ2v) is 4.99. The maximum Gasteiger partial charge on any atom is 0.433 e. The van der Waals surface area contributed by atoms with Crippen molar-refractivity contribution >= 4 is 32.5 Å². The highest BCUT2D eigenvalue weighted by molar-refractivity contribution is 9.10. The molecule has 1 heterocycles. The summed E-state index contributed by atoms with van der Waals surface area (Å²) in [5.41, 5.74) is 2.67. The topological polar surface area (TPSA) is 50.9 Å². The van der Waals surface area contributed by atoms with Crippen molar-refractivity contribution in [1.29, 1.82) is 0 Å². The van der Waals surface area contributed by atoms with Gasteiger partial charge in [0.1, 0.15) is 5.69 Å². The highest BCUT2D eigenvalue weighted by Crippen LogP contribution is 2.39. The Morgan fingerprint density at radius 2 is 1.89 bits per heavy atom. The molecule has 0 amide bonds. The minimum atomic E-state index is -4.52. The summed E-state index contributed by atoms with van der Waals surface area (Å²) in [6.07, 6.45) is -4.52. The molecule has 0 fully saturated rings. The number of nitrogen functional groups attached to an aromatic ring is 1. The zero-order valence-corrected chi connectivity index (χ0v) is 11.8. The van der Waals surface area contributed by atoms with Gasteiger partial charge in [-0.15, -0.1) is 0 Å². The normalized spacial score (nSPS) is 11.9. The molecule has 0 aliphatic rings. The highest BCUT2D eigenvalue weighted by atomic mass is 79.9. The maximum absolute atomic E-state index is 13.0. The van der Waals surface area contributed by atoms with Gasteiger partial charge in [0.05, 0.1) is 11.2 Å². The van der Waals surface area contributed by atoms with Crippen LogP contribution in [0.15, 0.2) is 16.6 Å². The number of hydrogen-bond donors (Lipinski definition) is 2. The van der Waals surface area contributed by atoms with Crippen molar-refractivity contribution in [2.75, 3.05) is 5.43 Å². The smallest absolute Gasteiger partial charge is 0.323 e. The van der Waals surface area contributed by atoms with Gasteiger partial charge in [0.2, 0.25) is 0 Å². The number of aryl methyl sites for hydroxylation is 1. The van der Waals surface area contributed by atoms with Crippen molar-refractivity contribution in [2.45, 2.75) is 20.0 Å².